The zero-order valence-electron chi connectivity index (χ0n) is 13.2. The fraction of sp³-hybridized carbons (Fsp3) is 0.750. The highest BCUT2D eigenvalue weighted by molar-refractivity contribution is 5.38. The quantitative estimate of drug-likeness (QED) is 0.924. The van der Waals surface area contributed by atoms with Gasteiger partial charge in [0, 0.05) is 24.2 Å². The van der Waals surface area contributed by atoms with E-state index in [2.05, 4.69) is 27.2 Å². The van der Waals surface area contributed by atoms with E-state index in [9.17, 15) is 0 Å². The van der Waals surface area contributed by atoms with Gasteiger partial charge in [0.05, 0.1) is 6.10 Å². The zero-order chi connectivity index (χ0) is 14.8. The average Bonchev–Trinajstić information content (AvgIpc) is 2.39. The van der Waals surface area contributed by atoms with Gasteiger partial charge in [-0.2, -0.15) is 0 Å². The van der Waals surface area contributed by atoms with E-state index < -0.39 is 0 Å². The number of anilines is 1. The van der Waals surface area contributed by atoms with Crippen molar-refractivity contribution < 1.29 is 4.74 Å². The minimum absolute atomic E-state index is 0.135. The average molecular weight is 290 g/mol. The van der Waals surface area contributed by atoms with Gasteiger partial charge >= 0.3 is 0 Å². The molecule has 0 spiro atoms. The maximum atomic E-state index is 5.64. The second-order valence-electron chi connectivity index (χ2n) is 6.62. The highest BCUT2D eigenvalue weighted by atomic mass is 16.5. The Kier molecular flexibility index (Phi) is 4.29. The van der Waals surface area contributed by atoms with Crippen molar-refractivity contribution in [1.29, 1.82) is 0 Å². The molecule has 0 radical (unpaired) electrons. The van der Waals surface area contributed by atoms with Gasteiger partial charge in [0.1, 0.15) is 12.1 Å². The van der Waals surface area contributed by atoms with Crippen LogP contribution < -0.4 is 10.1 Å². The van der Waals surface area contributed by atoms with Gasteiger partial charge in [-0.05, 0) is 46.6 Å². The van der Waals surface area contributed by atoms with Gasteiger partial charge in [0.25, 0.3) is 0 Å². The summed E-state index contributed by atoms with van der Waals surface area (Å²) in [5.41, 5.74) is 0. The molecule has 2 aliphatic heterocycles. The lowest BCUT2D eigenvalue weighted by Gasteiger charge is -2.47. The zero-order valence-corrected chi connectivity index (χ0v) is 13.2. The second kappa shape index (κ2) is 6.18. The summed E-state index contributed by atoms with van der Waals surface area (Å²) in [4.78, 5) is 11.1. The van der Waals surface area contributed by atoms with Crippen molar-refractivity contribution in [2.24, 2.45) is 0 Å². The van der Waals surface area contributed by atoms with E-state index in [1.807, 2.05) is 19.9 Å². The number of hydrogen-bond donors (Lipinski definition) is 1. The molecule has 1 N–H and O–H groups in total. The third kappa shape index (κ3) is 3.46. The standard InChI is InChI=1S/C16H26N4O/c1-11(2)21-16-9-15(17-10-18-16)19-12-7-13-5-4-6-14(8-12)20(13)3/h9-14H,4-8H2,1-3H3,(H,17,18,19). The lowest BCUT2D eigenvalue weighted by atomic mass is 9.82. The first-order valence-electron chi connectivity index (χ1n) is 8.09. The first-order valence-corrected chi connectivity index (χ1v) is 8.09. The predicted octanol–water partition coefficient (Wildman–Crippen LogP) is 2.69. The van der Waals surface area contributed by atoms with Crippen LogP contribution in [0, 0.1) is 0 Å². The minimum Gasteiger partial charge on any atom is -0.475 e. The maximum Gasteiger partial charge on any atom is 0.218 e. The van der Waals surface area contributed by atoms with Crippen molar-refractivity contribution in [2.45, 2.75) is 70.2 Å². The third-order valence-corrected chi connectivity index (χ3v) is 4.69. The lowest BCUT2D eigenvalue weighted by molar-refractivity contribution is 0.0608. The molecule has 3 heterocycles. The summed E-state index contributed by atoms with van der Waals surface area (Å²) in [5, 5.41) is 3.59. The maximum absolute atomic E-state index is 5.64. The fourth-order valence-electron chi connectivity index (χ4n) is 3.67. The highest BCUT2D eigenvalue weighted by Gasteiger charge is 2.35. The topological polar surface area (TPSA) is 50.3 Å². The van der Waals surface area contributed by atoms with Crippen LogP contribution in [0.15, 0.2) is 12.4 Å². The van der Waals surface area contributed by atoms with E-state index in [0.717, 1.165) is 17.9 Å². The molecule has 2 fully saturated rings. The summed E-state index contributed by atoms with van der Waals surface area (Å²) in [6, 6.07) is 3.87. The van der Waals surface area contributed by atoms with Crippen molar-refractivity contribution in [3.63, 3.8) is 0 Å². The van der Waals surface area contributed by atoms with E-state index in [-0.39, 0.29) is 6.10 Å². The lowest BCUT2D eigenvalue weighted by Crippen LogP contribution is -2.52. The molecule has 0 saturated carbocycles. The van der Waals surface area contributed by atoms with Crippen molar-refractivity contribution in [2.75, 3.05) is 12.4 Å². The van der Waals surface area contributed by atoms with E-state index in [1.54, 1.807) is 6.33 Å². The predicted molar refractivity (Wildman–Crippen MR) is 83.6 cm³/mol. The van der Waals surface area contributed by atoms with Crippen LogP contribution in [0.4, 0.5) is 5.82 Å². The summed E-state index contributed by atoms with van der Waals surface area (Å²) in [6.45, 7) is 4.01. The monoisotopic (exact) mass is 290 g/mol. The van der Waals surface area contributed by atoms with Gasteiger partial charge in [0.15, 0.2) is 0 Å². The molecular formula is C16H26N4O. The fourth-order valence-corrected chi connectivity index (χ4v) is 3.67. The van der Waals surface area contributed by atoms with Crippen molar-refractivity contribution in [3.05, 3.63) is 12.4 Å². The molecule has 21 heavy (non-hydrogen) atoms. The molecular weight excluding hydrogens is 264 g/mol. The summed E-state index contributed by atoms with van der Waals surface area (Å²) in [6.07, 6.45) is 8.17. The second-order valence-corrected chi connectivity index (χ2v) is 6.62. The molecule has 5 heteroatoms. The smallest absolute Gasteiger partial charge is 0.218 e. The largest absolute Gasteiger partial charge is 0.475 e. The van der Waals surface area contributed by atoms with Gasteiger partial charge < -0.3 is 15.0 Å². The van der Waals surface area contributed by atoms with E-state index in [1.165, 1.54) is 32.1 Å². The number of aromatic nitrogens is 2. The number of nitrogens with zero attached hydrogens (tertiary/aromatic N) is 3. The van der Waals surface area contributed by atoms with Crippen LogP contribution in [0.3, 0.4) is 0 Å². The van der Waals surface area contributed by atoms with Crippen LogP contribution in [-0.2, 0) is 0 Å². The van der Waals surface area contributed by atoms with E-state index >= 15 is 0 Å². The molecule has 2 saturated heterocycles. The van der Waals surface area contributed by atoms with E-state index in [0.29, 0.717) is 11.9 Å². The Bertz CT molecular complexity index is 465. The normalized spacial score (nSPS) is 29.4. The molecule has 0 aliphatic carbocycles. The molecule has 2 bridgehead atoms. The molecule has 1 aromatic rings. The Morgan fingerprint density at radius 3 is 2.62 bits per heavy atom. The number of piperidine rings is 2. The number of hydrogen-bond acceptors (Lipinski definition) is 5. The van der Waals surface area contributed by atoms with Gasteiger partial charge in [-0.25, -0.2) is 9.97 Å². The summed E-state index contributed by atoms with van der Waals surface area (Å²) < 4.78 is 5.64. The molecule has 116 valence electrons. The molecule has 2 unspecified atom stereocenters. The third-order valence-electron chi connectivity index (χ3n) is 4.69. The van der Waals surface area contributed by atoms with Crippen LogP contribution in [0.25, 0.3) is 0 Å². The summed E-state index contributed by atoms with van der Waals surface area (Å²) in [5.74, 6) is 1.53. The number of fused-ring (bicyclic) bond motifs is 2. The number of nitrogens with one attached hydrogen (secondary N) is 1. The van der Waals surface area contributed by atoms with Crippen molar-refractivity contribution in [3.8, 4) is 5.88 Å². The van der Waals surface area contributed by atoms with Crippen molar-refractivity contribution >= 4 is 5.82 Å². The van der Waals surface area contributed by atoms with Gasteiger partial charge in [-0.1, -0.05) is 6.42 Å². The van der Waals surface area contributed by atoms with Crippen LogP contribution in [-0.4, -0.2) is 46.1 Å². The van der Waals surface area contributed by atoms with Gasteiger partial charge in [-0.15, -0.1) is 0 Å². The first-order chi connectivity index (χ1) is 10.1. The van der Waals surface area contributed by atoms with E-state index in [4.69, 9.17) is 4.74 Å². The number of ether oxygens (including phenoxy) is 1. The molecule has 0 amide bonds. The van der Waals surface area contributed by atoms with Gasteiger partial charge in [0.2, 0.25) is 5.88 Å². The van der Waals surface area contributed by atoms with Crippen LogP contribution in [0.2, 0.25) is 0 Å². The minimum atomic E-state index is 0.135. The Labute approximate surface area is 127 Å². The van der Waals surface area contributed by atoms with Crippen molar-refractivity contribution in [1.82, 2.24) is 14.9 Å². The summed E-state index contributed by atoms with van der Waals surface area (Å²) in [7, 11) is 2.28. The SMILES string of the molecule is CC(C)Oc1cc(NC2CC3CCCC(C2)N3C)ncn1. The molecule has 5 nitrogen and oxygen atoms in total. The molecule has 1 aromatic heterocycles. The summed E-state index contributed by atoms with van der Waals surface area (Å²) >= 11 is 0. The molecule has 2 aliphatic rings. The number of rotatable bonds is 4. The Morgan fingerprint density at radius 2 is 1.95 bits per heavy atom. The molecule has 3 rings (SSSR count). The van der Waals surface area contributed by atoms with Crippen LogP contribution in [0.1, 0.15) is 46.0 Å². The molecule has 2 atom stereocenters. The molecule has 0 aromatic carbocycles. The highest BCUT2D eigenvalue weighted by Crippen LogP contribution is 2.33. The Balaban J connectivity index is 1.64. The van der Waals surface area contributed by atoms with Gasteiger partial charge in [-0.3, -0.25) is 0 Å². The Morgan fingerprint density at radius 1 is 1.24 bits per heavy atom. The van der Waals surface area contributed by atoms with Crippen LogP contribution >= 0.6 is 0 Å². The first kappa shape index (κ1) is 14.6. The Hall–Kier alpha value is -1.36. The van der Waals surface area contributed by atoms with Crippen LogP contribution in [0.5, 0.6) is 5.88 Å².